The molecule has 0 spiro atoms. The fourth-order valence-electron chi connectivity index (χ4n) is 3.18. The summed E-state index contributed by atoms with van der Waals surface area (Å²) < 4.78 is 0. The molecule has 0 saturated carbocycles. The summed E-state index contributed by atoms with van der Waals surface area (Å²) in [6, 6.07) is 27.6. The van der Waals surface area contributed by atoms with Crippen LogP contribution >= 0.6 is 0 Å². The predicted octanol–water partition coefficient (Wildman–Crippen LogP) is 5.92. The molecular formula is C22H19N. The summed E-state index contributed by atoms with van der Waals surface area (Å²) in [4.78, 5) is 0. The molecule has 0 atom stereocenters. The first-order chi connectivity index (χ1) is 11.4. The lowest BCUT2D eigenvalue weighted by atomic mass is 10.0. The van der Waals surface area contributed by atoms with Crippen LogP contribution in [0.15, 0.2) is 78.9 Å². The molecule has 0 aliphatic heterocycles. The average molecular weight is 297 g/mol. The van der Waals surface area contributed by atoms with Crippen LogP contribution in [0.5, 0.6) is 0 Å². The van der Waals surface area contributed by atoms with Crippen molar-refractivity contribution in [3.63, 3.8) is 0 Å². The van der Waals surface area contributed by atoms with Crippen molar-refractivity contribution >= 4 is 23.0 Å². The van der Waals surface area contributed by atoms with E-state index >= 15 is 0 Å². The first-order valence-electron chi connectivity index (χ1n) is 8.09. The molecule has 0 saturated heterocycles. The number of aryl methyl sites for hydroxylation is 1. The lowest BCUT2D eigenvalue weighted by molar-refractivity contribution is 1.08. The molecule has 1 nitrogen and oxygen atoms in total. The number of benzene rings is 3. The van der Waals surface area contributed by atoms with Crippen LogP contribution in [0.25, 0.3) is 11.6 Å². The molecule has 112 valence electrons. The van der Waals surface area contributed by atoms with Crippen LogP contribution in [0.4, 0.5) is 11.4 Å². The number of allylic oxidation sites excluding steroid dienone is 1. The molecule has 1 N–H and O–H groups in total. The van der Waals surface area contributed by atoms with Gasteiger partial charge in [0.05, 0.1) is 0 Å². The van der Waals surface area contributed by atoms with E-state index in [2.05, 4.69) is 84.2 Å². The van der Waals surface area contributed by atoms with E-state index < -0.39 is 0 Å². The van der Waals surface area contributed by atoms with Gasteiger partial charge in [-0.25, -0.2) is 0 Å². The van der Waals surface area contributed by atoms with Crippen molar-refractivity contribution in [2.24, 2.45) is 0 Å². The minimum Gasteiger partial charge on any atom is -0.356 e. The molecule has 0 radical (unpaired) electrons. The Bertz CT molecular complexity index is 832. The molecule has 0 unspecified atom stereocenters. The van der Waals surface area contributed by atoms with Crippen LogP contribution in [-0.4, -0.2) is 0 Å². The van der Waals surface area contributed by atoms with Gasteiger partial charge in [0.15, 0.2) is 0 Å². The third kappa shape index (κ3) is 3.04. The summed E-state index contributed by atoms with van der Waals surface area (Å²) in [6.07, 6.45) is 4.56. The number of nitrogens with one attached hydrogen (secondary N) is 1. The zero-order valence-corrected chi connectivity index (χ0v) is 13.0. The van der Waals surface area contributed by atoms with E-state index in [0.29, 0.717) is 0 Å². The maximum Gasteiger partial charge on any atom is 0.0387 e. The minimum absolute atomic E-state index is 1.12. The molecule has 1 aliphatic rings. The molecule has 3 aromatic carbocycles. The Kier molecular flexibility index (Phi) is 3.69. The van der Waals surface area contributed by atoms with Gasteiger partial charge >= 0.3 is 0 Å². The topological polar surface area (TPSA) is 12.0 Å². The van der Waals surface area contributed by atoms with Crippen LogP contribution in [-0.2, 0) is 6.42 Å². The molecule has 1 aliphatic carbocycles. The predicted molar refractivity (Wildman–Crippen MR) is 98.8 cm³/mol. The van der Waals surface area contributed by atoms with E-state index in [9.17, 15) is 0 Å². The highest BCUT2D eigenvalue weighted by Gasteiger charge is 2.16. The van der Waals surface area contributed by atoms with Crippen LogP contribution < -0.4 is 5.32 Å². The molecular weight excluding hydrogens is 278 g/mol. The Morgan fingerprint density at radius 1 is 0.696 bits per heavy atom. The van der Waals surface area contributed by atoms with E-state index in [1.54, 1.807) is 0 Å². The second-order valence-electron chi connectivity index (χ2n) is 5.94. The number of rotatable bonds is 3. The van der Waals surface area contributed by atoms with Gasteiger partial charge in [0.1, 0.15) is 0 Å². The zero-order valence-electron chi connectivity index (χ0n) is 13.0. The fraction of sp³-hybridized carbons (Fsp3) is 0.0909. The van der Waals surface area contributed by atoms with Crippen molar-refractivity contribution in [3.8, 4) is 0 Å². The van der Waals surface area contributed by atoms with Gasteiger partial charge in [0.25, 0.3) is 0 Å². The molecule has 0 fully saturated rings. The highest BCUT2D eigenvalue weighted by atomic mass is 14.9. The van der Waals surface area contributed by atoms with Gasteiger partial charge < -0.3 is 5.32 Å². The molecule has 0 heterocycles. The number of fused-ring (bicyclic) bond motifs is 1. The molecule has 1 heteroatoms. The average Bonchev–Trinajstić information content (AvgIpc) is 2.99. The summed E-state index contributed by atoms with van der Waals surface area (Å²) in [5.41, 5.74) is 7.85. The zero-order chi connectivity index (χ0) is 15.5. The van der Waals surface area contributed by atoms with E-state index in [1.807, 2.05) is 6.07 Å². The fourth-order valence-corrected chi connectivity index (χ4v) is 3.18. The van der Waals surface area contributed by atoms with E-state index in [1.165, 1.54) is 22.3 Å². The summed E-state index contributed by atoms with van der Waals surface area (Å²) >= 11 is 0. The van der Waals surface area contributed by atoms with Crippen molar-refractivity contribution in [1.29, 1.82) is 0 Å². The van der Waals surface area contributed by atoms with Crippen LogP contribution in [0, 0.1) is 0 Å². The lowest BCUT2D eigenvalue weighted by Gasteiger charge is -2.09. The number of hydrogen-bond donors (Lipinski definition) is 1. The molecule has 23 heavy (non-hydrogen) atoms. The van der Waals surface area contributed by atoms with Crippen LogP contribution in [0.2, 0.25) is 0 Å². The van der Waals surface area contributed by atoms with Crippen molar-refractivity contribution in [1.82, 2.24) is 0 Å². The van der Waals surface area contributed by atoms with E-state index in [4.69, 9.17) is 0 Å². The summed E-state index contributed by atoms with van der Waals surface area (Å²) in [6.45, 7) is 0. The maximum atomic E-state index is 3.48. The van der Waals surface area contributed by atoms with E-state index in [-0.39, 0.29) is 0 Å². The van der Waals surface area contributed by atoms with Gasteiger partial charge in [-0.1, -0.05) is 60.7 Å². The Labute approximate surface area is 137 Å². The van der Waals surface area contributed by atoms with Crippen LogP contribution in [0.1, 0.15) is 23.1 Å². The van der Waals surface area contributed by atoms with E-state index in [0.717, 1.165) is 24.2 Å². The van der Waals surface area contributed by atoms with Gasteiger partial charge in [-0.15, -0.1) is 0 Å². The van der Waals surface area contributed by atoms with Gasteiger partial charge in [-0.05, 0) is 59.4 Å². The number of hydrogen-bond acceptors (Lipinski definition) is 1. The van der Waals surface area contributed by atoms with Crippen molar-refractivity contribution in [3.05, 3.63) is 95.6 Å². The summed E-state index contributed by atoms with van der Waals surface area (Å²) in [7, 11) is 0. The second kappa shape index (κ2) is 6.13. The molecule has 3 aromatic rings. The Hall–Kier alpha value is -2.80. The second-order valence-corrected chi connectivity index (χ2v) is 5.94. The standard InChI is InChI=1S/C22H19N/c1-3-7-17(8-4-1)15-18-11-12-19-16-21(13-14-22(18)19)23-20-9-5-2-6-10-20/h1-10,13-16,23H,11-12H2/b18-15+. The van der Waals surface area contributed by atoms with Crippen molar-refractivity contribution in [2.75, 3.05) is 5.32 Å². The molecule has 0 amide bonds. The monoisotopic (exact) mass is 297 g/mol. The quantitative estimate of drug-likeness (QED) is 0.633. The number of anilines is 2. The maximum absolute atomic E-state index is 3.48. The highest BCUT2D eigenvalue weighted by Crippen LogP contribution is 2.35. The first kappa shape index (κ1) is 13.8. The first-order valence-corrected chi connectivity index (χ1v) is 8.09. The van der Waals surface area contributed by atoms with Gasteiger partial charge in [0.2, 0.25) is 0 Å². The minimum atomic E-state index is 1.12. The number of para-hydroxylation sites is 1. The van der Waals surface area contributed by atoms with Gasteiger partial charge in [-0.3, -0.25) is 0 Å². The Balaban J connectivity index is 1.60. The third-order valence-electron chi connectivity index (χ3n) is 4.32. The molecule has 0 aromatic heterocycles. The van der Waals surface area contributed by atoms with Gasteiger partial charge in [0, 0.05) is 11.4 Å². The normalized spacial score (nSPS) is 14.7. The molecule has 4 rings (SSSR count). The van der Waals surface area contributed by atoms with Crippen molar-refractivity contribution in [2.45, 2.75) is 12.8 Å². The lowest BCUT2D eigenvalue weighted by Crippen LogP contribution is -1.91. The van der Waals surface area contributed by atoms with Gasteiger partial charge in [-0.2, -0.15) is 0 Å². The van der Waals surface area contributed by atoms with Crippen LogP contribution in [0.3, 0.4) is 0 Å². The highest BCUT2D eigenvalue weighted by molar-refractivity contribution is 5.86. The summed E-state index contributed by atoms with van der Waals surface area (Å²) in [5.74, 6) is 0. The smallest absolute Gasteiger partial charge is 0.0387 e. The summed E-state index contributed by atoms with van der Waals surface area (Å²) in [5, 5.41) is 3.48. The Morgan fingerprint density at radius 3 is 2.22 bits per heavy atom. The Morgan fingerprint density at radius 2 is 1.43 bits per heavy atom. The largest absolute Gasteiger partial charge is 0.356 e. The van der Waals surface area contributed by atoms with Crippen molar-refractivity contribution < 1.29 is 0 Å². The molecule has 0 bridgehead atoms. The third-order valence-corrected chi connectivity index (χ3v) is 4.32. The SMILES string of the molecule is C(=C1/CCc2cc(Nc3ccccc3)ccc21)/c1ccccc1.